The molecule has 2 heterocycles. The van der Waals surface area contributed by atoms with E-state index in [1.165, 1.54) is 0 Å². The molecule has 0 saturated carbocycles. The third-order valence-corrected chi connectivity index (χ3v) is 3.62. The molecular weight excluding hydrogens is 274 g/mol. The maximum Gasteiger partial charge on any atom is 0.325 e. The molecule has 7 heteroatoms. The minimum Gasteiger partial charge on any atom is -0.372 e. The molecule has 1 amide bonds. The first-order chi connectivity index (χ1) is 9.86. The van der Waals surface area contributed by atoms with Crippen LogP contribution in [0.1, 0.15) is 31.5 Å². The van der Waals surface area contributed by atoms with Crippen LogP contribution in [0.5, 0.6) is 0 Å². The summed E-state index contributed by atoms with van der Waals surface area (Å²) in [5.74, 6) is 0.00185. The molecular formula is C14H21N3O4. The molecule has 1 aliphatic rings. The molecule has 1 fully saturated rings. The number of morpholine rings is 1. The highest BCUT2D eigenvalue weighted by Gasteiger charge is 2.25. The molecule has 2 unspecified atom stereocenters. The summed E-state index contributed by atoms with van der Waals surface area (Å²) in [5, 5.41) is 0. The number of hydrogen-bond donors (Lipinski definition) is 2. The molecule has 1 aliphatic heterocycles. The molecule has 0 bridgehead atoms. The summed E-state index contributed by atoms with van der Waals surface area (Å²) < 4.78 is 5.59. The predicted molar refractivity (Wildman–Crippen MR) is 77.3 cm³/mol. The van der Waals surface area contributed by atoms with Crippen LogP contribution in [0.15, 0.2) is 9.59 Å². The molecule has 0 spiro atoms. The summed E-state index contributed by atoms with van der Waals surface area (Å²) in [6.07, 6.45) is 0.610. The monoisotopic (exact) mass is 295 g/mol. The zero-order valence-corrected chi connectivity index (χ0v) is 12.6. The summed E-state index contributed by atoms with van der Waals surface area (Å²) in [6.45, 7) is 6.68. The Bertz CT molecular complexity index is 624. The Balaban J connectivity index is 2.01. The van der Waals surface area contributed by atoms with Crippen LogP contribution >= 0.6 is 0 Å². The Labute approximate surface area is 122 Å². The highest BCUT2D eigenvalue weighted by Crippen LogP contribution is 2.12. The van der Waals surface area contributed by atoms with Gasteiger partial charge in [0.15, 0.2) is 0 Å². The van der Waals surface area contributed by atoms with Gasteiger partial charge in [-0.1, -0.05) is 0 Å². The Morgan fingerprint density at radius 2 is 1.86 bits per heavy atom. The van der Waals surface area contributed by atoms with E-state index in [4.69, 9.17) is 4.74 Å². The first-order valence-corrected chi connectivity index (χ1v) is 7.12. The minimum absolute atomic E-state index is 0.00185. The second-order valence-corrected chi connectivity index (χ2v) is 5.57. The lowest BCUT2D eigenvalue weighted by Crippen LogP contribution is -2.48. The zero-order valence-electron chi connectivity index (χ0n) is 12.6. The van der Waals surface area contributed by atoms with Crippen molar-refractivity contribution in [3.05, 3.63) is 32.1 Å². The lowest BCUT2D eigenvalue weighted by Gasteiger charge is -2.35. The molecule has 7 nitrogen and oxygen atoms in total. The van der Waals surface area contributed by atoms with Gasteiger partial charge in [0.05, 0.1) is 12.2 Å². The van der Waals surface area contributed by atoms with Crippen LogP contribution in [0.4, 0.5) is 0 Å². The SMILES string of the molecule is Cc1[nH]c(=O)[nH]c(=O)c1CCC(=O)N1CC(C)OC(C)C1. The van der Waals surface area contributed by atoms with Gasteiger partial charge in [-0.2, -0.15) is 0 Å². The van der Waals surface area contributed by atoms with Gasteiger partial charge in [-0.3, -0.25) is 14.6 Å². The van der Waals surface area contributed by atoms with Crippen molar-refractivity contribution in [2.45, 2.75) is 45.8 Å². The van der Waals surface area contributed by atoms with Gasteiger partial charge in [0.2, 0.25) is 5.91 Å². The van der Waals surface area contributed by atoms with E-state index in [0.29, 0.717) is 30.8 Å². The summed E-state index contributed by atoms with van der Waals surface area (Å²) in [7, 11) is 0. The lowest BCUT2D eigenvalue weighted by atomic mass is 10.1. The molecule has 0 radical (unpaired) electrons. The van der Waals surface area contributed by atoms with E-state index in [2.05, 4.69) is 9.97 Å². The van der Waals surface area contributed by atoms with Gasteiger partial charge in [0.25, 0.3) is 5.56 Å². The number of amides is 1. The molecule has 0 aromatic carbocycles. The first kappa shape index (κ1) is 15.5. The summed E-state index contributed by atoms with van der Waals surface area (Å²) in [5.41, 5.74) is 0.0220. The fourth-order valence-electron chi connectivity index (χ4n) is 2.70. The maximum atomic E-state index is 12.2. The van der Waals surface area contributed by atoms with Gasteiger partial charge in [-0.25, -0.2) is 4.79 Å². The van der Waals surface area contributed by atoms with E-state index in [1.807, 2.05) is 13.8 Å². The Morgan fingerprint density at radius 1 is 1.24 bits per heavy atom. The Kier molecular flexibility index (Phi) is 4.62. The number of aromatic nitrogens is 2. The highest BCUT2D eigenvalue weighted by atomic mass is 16.5. The van der Waals surface area contributed by atoms with Crippen LogP contribution in [0.3, 0.4) is 0 Å². The fraction of sp³-hybridized carbons (Fsp3) is 0.643. The molecule has 2 N–H and O–H groups in total. The maximum absolute atomic E-state index is 12.2. The number of aryl methyl sites for hydroxylation is 1. The van der Waals surface area contributed by atoms with Crippen LogP contribution in [0.25, 0.3) is 0 Å². The topological polar surface area (TPSA) is 95.3 Å². The van der Waals surface area contributed by atoms with Crippen molar-refractivity contribution in [2.75, 3.05) is 13.1 Å². The summed E-state index contributed by atoms with van der Waals surface area (Å²) in [6, 6.07) is 0. The zero-order chi connectivity index (χ0) is 15.6. The Hall–Kier alpha value is -1.89. The molecule has 116 valence electrons. The number of carbonyl (C=O) groups excluding carboxylic acids is 1. The van der Waals surface area contributed by atoms with Crippen molar-refractivity contribution in [1.29, 1.82) is 0 Å². The van der Waals surface area contributed by atoms with Gasteiger partial charge in [0.1, 0.15) is 0 Å². The number of H-pyrrole nitrogens is 2. The normalized spacial score (nSPS) is 22.3. The first-order valence-electron chi connectivity index (χ1n) is 7.12. The van der Waals surface area contributed by atoms with Crippen molar-refractivity contribution in [3.63, 3.8) is 0 Å². The van der Waals surface area contributed by atoms with E-state index < -0.39 is 11.2 Å². The molecule has 21 heavy (non-hydrogen) atoms. The average Bonchev–Trinajstić information content (AvgIpc) is 2.35. The van der Waals surface area contributed by atoms with Crippen molar-refractivity contribution >= 4 is 5.91 Å². The highest BCUT2D eigenvalue weighted by molar-refractivity contribution is 5.76. The smallest absolute Gasteiger partial charge is 0.325 e. The van der Waals surface area contributed by atoms with Gasteiger partial charge in [-0.15, -0.1) is 0 Å². The third kappa shape index (κ3) is 3.81. The second-order valence-electron chi connectivity index (χ2n) is 5.57. The van der Waals surface area contributed by atoms with Crippen molar-refractivity contribution in [2.24, 2.45) is 0 Å². The molecule has 2 rings (SSSR count). The third-order valence-electron chi connectivity index (χ3n) is 3.62. The second kappa shape index (κ2) is 6.26. The minimum atomic E-state index is -0.525. The summed E-state index contributed by atoms with van der Waals surface area (Å²) in [4.78, 5) is 41.6. The molecule has 1 saturated heterocycles. The quantitative estimate of drug-likeness (QED) is 0.816. The number of nitrogens with one attached hydrogen (secondary N) is 2. The molecule has 2 atom stereocenters. The van der Waals surface area contributed by atoms with Crippen LogP contribution in [-0.4, -0.2) is 46.1 Å². The van der Waals surface area contributed by atoms with Crippen LogP contribution in [0, 0.1) is 6.92 Å². The number of rotatable bonds is 3. The van der Waals surface area contributed by atoms with Gasteiger partial charge < -0.3 is 14.6 Å². The van der Waals surface area contributed by atoms with E-state index in [-0.39, 0.29) is 24.5 Å². The molecule has 1 aromatic heterocycles. The van der Waals surface area contributed by atoms with Gasteiger partial charge in [0, 0.05) is 30.8 Å². The van der Waals surface area contributed by atoms with Crippen molar-refractivity contribution in [3.8, 4) is 0 Å². The number of carbonyl (C=O) groups is 1. The number of ether oxygens (including phenoxy) is 1. The van der Waals surface area contributed by atoms with Crippen LogP contribution in [-0.2, 0) is 16.0 Å². The summed E-state index contributed by atoms with van der Waals surface area (Å²) >= 11 is 0. The van der Waals surface area contributed by atoms with E-state index in [9.17, 15) is 14.4 Å². The van der Waals surface area contributed by atoms with Crippen molar-refractivity contribution in [1.82, 2.24) is 14.9 Å². The van der Waals surface area contributed by atoms with Crippen molar-refractivity contribution < 1.29 is 9.53 Å². The number of nitrogens with zero attached hydrogens (tertiary/aromatic N) is 1. The van der Waals surface area contributed by atoms with Gasteiger partial charge >= 0.3 is 5.69 Å². The van der Waals surface area contributed by atoms with Crippen LogP contribution < -0.4 is 11.2 Å². The predicted octanol–water partition coefficient (Wildman–Crippen LogP) is -0.0600. The fourth-order valence-corrected chi connectivity index (χ4v) is 2.70. The van der Waals surface area contributed by atoms with Crippen LogP contribution in [0.2, 0.25) is 0 Å². The standard InChI is InChI=1S/C14H21N3O4/c1-8-6-17(7-9(2)21-8)12(18)5-4-11-10(3)15-14(20)16-13(11)19/h8-9H,4-7H2,1-3H3,(H2,15,16,19,20). The average molecular weight is 295 g/mol. The lowest BCUT2D eigenvalue weighted by molar-refractivity contribution is -0.143. The van der Waals surface area contributed by atoms with E-state index in [0.717, 1.165) is 0 Å². The number of hydrogen-bond acceptors (Lipinski definition) is 4. The van der Waals surface area contributed by atoms with Gasteiger partial charge in [-0.05, 0) is 27.2 Å². The molecule has 1 aromatic rings. The largest absolute Gasteiger partial charge is 0.372 e. The van der Waals surface area contributed by atoms with E-state index >= 15 is 0 Å². The molecule has 0 aliphatic carbocycles. The van der Waals surface area contributed by atoms with E-state index in [1.54, 1.807) is 11.8 Å². The number of aromatic amines is 2. The Morgan fingerprint density at radius 3 is 2.43 bits per heavy atom.